The first-order valence-electron chi connectivity index (χ1n) is 12.8. The van der Waals surface area contributed by atoms with Gasteiger partial charge in [-0.25, -0.2) is 4.98 Å². The SMILES string of the molecule is CCCOc1cccc(C(O)=C2C(=O)C(=O)N(c3nc4ccc(OCC)cc4s3)C2c2ccc(O)c(OC)c2)c1. The Kier molecular flexibility index (Phi) is 7.61. The number of aliphatic hydroxyl groups is 1. The molecule has 1 aliphatic heterocycles. The lowest BCUT2D eigenvalue weighted by molar-refractivity contribution is -0.132. The van der Waals surface area contributed by atoms with Crippen LogP contribution < -0.4 is 19.1 Å². The first-order valence-corrected chi connectivity index (χ1v) is 13.6. The van der Waals surface area contributed by atoms with Crippen molar-refractivity contribution in [1.29, 1.82) is 0 Å². The number of nitrogens with zero attached hydrogens (tertiary/aromatic N) is 2. The number of thiazole rings is 1. The molecule has 2 heterocycles. The molecule has 3 aromatic carbocycles. The number of aromatic hydroxyl groups is 1. The molecular formula is C30H28N2O7S. The van der Waals surface area contributed by atoms with Crippen molar-refractivity contribution in [2.75, 3.05) is 25.2 Å². The lowest BCUT2D eigenvalue weighted by Gasteiger charge is -2.23. The molecule has 1 atom stereocenters. The molecule has 9 nitrogen and oxygen atoms in total. The van der Waals surface area contributed by atoms with Crippen LogP contribution in [-0.4, -0.2) is 47.2 Å². The number of amides is 1. The molecule has 0 saturated carbocycles. The molecule has 2 N–H and O–H groups in total. The number of hydrogen-bond acceptors (Lipinski definition) is 9. The first kappa shape index (κ1) is 27.0. The van der Waals surface area contributed by atoms with Gasteiger partial charge in [-0.2, -0.15) is 0 Å². The number of phenols is 1. The number of benzene rings is 3. The van der Waals surface area contributed by atoms with E-state index in [4.69, 9.17) is 14.2 Å². The van der Waals surface area contributed by atoms with E-state index in [1.165, 1.54) is 35.5 Å². The number of aliphatic hydroxyl groups excluding tert-OH is 1. The van der Waals surface area contributed by atoms with E-state index >= 15 is 0 Å². The van der Waals surface area contributed by atoms with Crippen LogP contribution in [0.2, 0.25) is 0 Å². The van der Waals surface area contributed by atoms with Gasteiger partial charge in [0.05, 0.1) is 42.2 Å². The summed E-state index contributed by atoms with van der Waals surface area (Å²) in [5, 5.41) is 22.0. The van der Waals surface area contributed by atoms with Crippen molar-refractivity contribution in [2.45, 2.75) is 26.3 Å². The topological polar surface area (TPSA) is 118 Å². The number of anilines is 1. The molecule has 0 bridgehead atoms. The van der Waals surface area contributed by atoms with Crippen molar-refractivity contribution in [2.24, 2.45) is 0 Å². The normalized spacial score (nSPS) is 16.5. The Bertz CT molecular complexity index is 1630. The minimum Gasteiger partial charge on any atom is -0.507 e. The van der Waals surface area contributed by atoms with Gasteiger partial charge in [0.2, 0.25) is 0 Å². The second-order valence-corrected chi connectivity index (χ2v) is 10.0. The molecule has 10 heteroatoms. The summed E-state index contributed by atoms with van der Waals surface area (Å²) in [5.74, 6) is -0.794. The lowest BCUT2D eigenvalue weighted by Crippen LogP contribution is -2.29. The van der Waals surface area contributed by atoms with E-state index in [1.54, 1.807) is 42.5 Å². The number of hydrogen-bond donors (Lipinski definition) is 2. The quantitative estimate of drug-likeness (QED) is 0.149. The Hall–Kier alpha value is -4.57. The van der Waals surface area contributed by atoms with Gasteiger partial charge in [0, 0.05) is 5.56 Å². The largest absolute Gasteiger partial charge is 0.507 e. The predicted molar refractivity (Wildman–Crippen MR) is 152 cm³/mol. The second kappa shape index (κ2) is 11.3. The fourth-order valence-corrected chi connectivity index (χ4v) is 5.59. The first-order chi connectivity index (χ1) is 19.4. The number of ether oxygens (including phenoxy) is 3. The molecule has 1 amide bonds. The molecule has 206 valence electrons. The van der Waals surface area contributed by atoms with Gasteiger partial charge >= 0.3 is 5.91 Å². The van der Waals surface area contributed by atoms with Crippen molar-refractivity contribution in [3.8, 4) is 23.0 Å². The number of rotatable bonds is 9. The van der Waals surface area contributed by atoms with Gasteiger partial charge in [-0.05, 0) is 61.4 Å². The summed E-state index contributed by atoms with van der Waals surface area (Å²) in [7, 11) is 1.40. The van der Waals surface area contributed by atoms with Gasteiger partial charge in [-0.3, -0.25) is 14.5 Å². The summed E-state index contributed by atoms with van der Waals surface area (Å²) in [5.41, 5.74) is 1.30. The van der Waals surface area contributed by atoms with Crippen LogP contribution in [0.25, 0.3) is 16.0 Å². The number of carbonyl (C=O) groups excluding carboxylic acids is 2. The third-order valence-electron chi connectivity index (χ3n) is 6.41. The molecule has 1 unspecified atom stereocenters. The Balaban J connectivity index is 1.69. The van der Waals surface area contributed by atoms with E-state index in [0.29, 0.717) is 41.4 Å². The van der Waals surface area contributed by atoms with Gasteiger partial charge in [0.15, 0.2) is 16.6 Å². The monoisotopic (exact) mass is 560 g/mol. The predicted octanol–water partition coefficient (Wildman–Crippen LogP) is 5.82. The van der Waals surface area contributed by atoms with Crippen LogP contribution in [0.4, 0.5) is 5.13 Å². The van der Waals surface area contributed by atoms with Crippen LogP contribution in [0.15, 0.2) is 66.2 Å². The van der Waals surface area contributed by atoms with Gasteiger partial charge < -0.3 is 24.4 Å². The van der Waals surface area contributed by atoms with Gasteiger partial charge in [-0.15, -0.1) is 0 Å². The average molecular weight is 561 g/mol. The van der Waals surface area contributed by atoms with Crippen molar-refractivity contribution < 1.29 is 34.0 Å². The Morgan fingerprint density at radius 2 is 1.82 bits per heavy atom. The standard InChI is InChI=1S/C30H28N2O7S/c1-4-13-39-19-8-6-7-18(14-19)27(34)25-26(17-9-12-22(33)23(15-17)37-3)32(29(36)28(25)35)30-31-21-11-10-20(38-5-2)16-24(21)40-30/h6-12,14-16,26,33-34H,4-5,13H2,1-3H3. The van der Waals surface area contributed by atoms with Gasteiger partial charge in [0.1, 0.15) is 17.3 Å². The summed E-state index contributed by atoms with van der Waals surface area (Å²) in [4.78, 5) is 33.1. The third-order valence-corrected chi connectivity index (χ3v) is 7.43. The van der Waals surface area contributed by atoms with E-state index in [9.17, 15) is 19.8 Å². The van der Waals surface area contributed by atoms with Crippen molar-refractivity contribution >= 4 is 44.1 Å². The minimum absolute atomic E-state index is 0.104. The van der Waals surface area contributed by atoms with Crippen molar-refractivity contribution in [3.05, 3.63) is 77.4 Å². The highest BCUT2D eigenvalue weighted by Crippen LogP contribution is 2.46. The second-order valence-electron chi connectivity index (χ2n) is 9.04. The average Bonchev–Trinajstić information content (AvgIpc) is 3.49. The van der Waals surface area contributed by atoms with E-state index in [2.05, 4.69) is 4.98 Å². The van der Waals surface area contributed by atoms with Gasteiger partial charge in [0.25, 0.3) is 5.78 Å². The highest BCUT2D eigenvalue weighted by atomic mass is 32.1. The molecule has 0 aliphatic carbocycles. The number of methoxy groups -OCH3 is 1. The molecule has 5 rings (SSSR count). The van der Waals surface area contributed by atoms with Gasteiger partial charge in [-0.1, -0.05) is 36.5 Å². The molecule has 1 saturated heterocycles. The van der Waals surface area contributed by atoms with E-state index in [0.717, 1.165) is 11.1 Å². The summed E-state index contributed by atoms with van der Waals surface area (Å²) in [6.45, 7) is 4.86. The fraction of sp³-hybridized carbons (Fsp3) is 0.233. The minimum atomic E-state index is -1.04. The molecule has 1 aromatic heterocycles. The number of carbonyl (C=O) groups is 2. The summed E-state index contributed by atoms with van der Waals surface area (Å²) in [6, 6.07) is 15.6. The smallest absolute Gasteiger partial charge is 0.301 e. The van der Waals surface area contributed by atoms with E-state index < -0.39 is 17.7 Å². The van der Waals surface area contributed by atoms with Crippen molar-refractivity contribution in [1.82, 2.24) is 4.98 Å². The zero-order valence-corrected chi connectivity index (χ0v) is 23.0. The Labute approximate surface area is 234 Å². The maximum absolute atomic E-state index is 13.6. The number of fused-ring (bicyclic) bond motifs is 1. The maximum atomic E-state index is 13.6. The zero-order valence-electron chi connectivity index (χ0n) is 22.2. The fourth-order valence-electron chi connectivity index (χ4n) is 4.57. The van der Waals surface area contributed by atoms with E-state index in [-0.39, 0.29) is 28.0 Å². The van der Waals surface area contributed by atoms with Crippen LogP contribution in [0.5, 0.6) is 23.0 Å². The Morgan fingerprint density at radius 3 is 2.58 bits per heavy atom. The molecule has 40 heavy (non-hydrogen) atoms. The highest BCUT2D eigenvalue weighted by molar-refractivity contribution is 7.22. The molecule has 0 spiro atoms. The molecular weight excluding hydrogens is 532 g/mol. The molecule has 1 aliphatic rings. The van der Waals surface area contributed by atoms with Crippen LogP contribution in [0, 0.1) is 0 Å². The van der Waals surface area contributed by atoms with Crippen LogP contribution in [0.1, 0.15) is 37.4 Å². The summed E-state index contributed by atoms with van der Waals surface area (Å²) >= 11 is 1.23. The molecule has 1 fully saturated rings. The van der Waals surface area contributed by atoms with E-state index in [1.807, 2.05) is 19.9 Å². The summed E-state index contributed by atoms with van der Waals surface area (Å²) < 4.78 is 17.4. The lowest BCUT2D eigenvalue weighted by atomic mass is 9.95. The highest BCUT2D eigenvalue weighted by Gasteiger charge is 2.48. The Morgan fingerprint density at radius 1 is 1.02 bits per heavy atom. The zero-order chi connectivity index (χ0) is 28.4. The number of Topliss-reactive ketones (excluding diaryl/α,β-unsaturated/α-hetero) is 1. The van der Waals surface area contributed by atoms with Crippen molar-refractivity contribution in [3.63, 3.8) is 0 Å². The van der Waals surface area contributed by atoms with Crippen LogP contribution >= 0.6 is 11.3 Å². The third kappa shape index (κ3) is 4.93. The number of aromatic nitrogens is 1. The number of phenolic OH excluding ortho intramolecular Hbond substituents is 1. The summed E-state index contributed by atoms with van der Waals surface area (Å²) in [6.07, 6.45) is 0.804. The number of ketones is 1. The van der Waals surface area contributed by atoms with Crippen LogP contribution in [0.3, 0.4) is 0 Å². The molecule has 4 aromatic rings. The molecule has 0 radical (unpaired) electrons. The van der Waals surface area contributed by atoms with Crippen LogP contribution in [-0.2, 0) is 9.59 Å². The maximum Gasteiger partial charge on any atom is 0.301 e.